The molecule has 0 radical (unpaired) electrons. The Morgan fingerprint density at radius 3 is 2.61 bits per heavy atom. The number of carboxylic acid groups (broad SMARTS) is 1. The fourth-order valence-electron chi connectivity index (χ4n) is 2.29. The highest BCUT2D eigenvalue weighted by Crippen LogP contribution is 2.22. The highest BCUT2D eigenvalue weighted by atomic mass is 16.4. The standard InChI is InChI=1S/C14H18N2O2/c1-4-16-12(9-15(2)3)8-11-7-10(14(17)18)5-6-13(11)16/h5-8H,4,9H2,1-3H3,(H,17,18). The van der Waals surface area contributed by atoms with Crippen molar-refractivity contribution in [2.45, 2.75) is 20.0 Å². The molecule has 2 aromatic rings. The van der Waals surface area contributed by atoms with E-state index in [9.17, 15) is 4.79 Å². The Bertz CT molecular complexity index is 585. The first-order chi connectivity index (χ1) is 8.52. The Balaban J connectivity index is 2.56. The Morgan fingerprint density at radius 2 is 2.06 bits per heavy atom. The number of fused-ring (bicyclic) bond motifs is 1. The largest absolute Gasteiger partial charge is 0.478 e. The van der Waals surface area contributed by atoms with Gasteiger partial charge in [-0.3, -0.25) is 0 Å². The predicted octanol–water partition coefficient (Wildman–Crippen LogP) is 2.42. The maximum atomic E-state index is 11.0. The van der Waals surface area contributed by atoms with Gasteiger partial charge in [-0.15, -0.1) is 0 Å². The molecule has 4 nitrogen and oxygen atoms in total. The molecule has 0 aliphatic rings. The van der Waals surface area contributed by atoms with E-state index in [1.165, 1.54) is 5.69 Å². The monoisotopic (exact) mass is 246 g/mol. The lowest BCUT2D eigenvalue weighted by Crippen LogP contribution is -2.14. The summed E-state index contributed by atoms with van der Waals surface area (Å²) in [5.74, 6) is -0.879. The van der Waals surface area contributed by atoms with Gasteiger partial charge in [0.15, 0.2) is 0 Å². The molecule has 0 spiro atoms. The second kappa shape index (κ2) is 4.82. The Hall–Kier alpha value is -1.81. The molecule has 4 heteroatoms. The molecule has 18 heavy (non-hydrogen) atoms. The van der Waals surface area contributed by atoms with Gasteiger partial charge >= 0.3 is 5.97 Å². The van der Waals surface area contributed by atoms with E-state index in [0.29, 0.717) is 5.56 Å². The molecule has 96 valence electrons. The number of carbonyl (C=O) groups is 1. The quantitative estimate of drug-likeness (QED) is 0.901. The van der Waals surface area contributed by atoms with E-state index >= 15 is 0 Å². The lowest BCUT2D eigenvalue weighted by molar-refractivity contribution is 0.0697. The minimum Gasteiger partial charge on any atom is -0.478 e. The van der Waals surface area contributed by atoms with Crippen molar-refractivity contribution >= 4 is 16.9 Å². The van der Waals surface area contributed by atoms with Gasteiger partial charge in [-0.05, 0) is 45.3 Å². The van der Waals surface area contributed by atoms with E-state index < -0.39 is 5.97 Å². The van der Waals surface area contributed by atoms with Crippen molar-refractivity contribution in [1.82, 2.24) is 9.47 Å². The van der Waals surface area contributed by atoms with Gasteiger partial charge in [0.05, 0.1) is 5.56 Å². The molecule has 0 fully saturated rings. The summed E-state index contributed by atoms with van der Waals surface area (Å²) in [6, 6.07) is 7.37. The highest BCUT2D eigenvalue weighted by Gasteiger charge is 2.10. The van der Waals surface area contributed by atoms with Gasteiger partial charge in [-0.25, -0.2) is 4.79 Å². The number of hydrogen-bond donors (Lipinski definition) is 1. The molecule has 0 saturated carbocycles. The second-order valence-corrected chi connectivity index (χ2v) is 4.70. The Morgan fingerprint density at radius 1 is 1.33 bits per heavy atom. The third-order valence-corrected chi connectivity index (χ3v) is 3.03. The molecular weight excluding hydrogens is 228 g/mol. The van der Waals surface area contributed by atoms with Crippen LogP contribution in [0.1, 0.15) is 23.0 Å². The van der Waals surface area contributed by atoms with Crippen LogP contribution in [0.15, 0.2) is 24.3 Å². The number of aromatic nitrogens is 1. The van der Waals surface area contributed by atoms with Crippen LogP contribution >= 0.6 is 0 Å². The summed E-state index contributed by atoms with van der Waals surface area (Å²) in [7, 11) is 4.06. The van der Waals surface area contributed by atoms with Gasteiger partial charge in [0.2, 0.25) is 0 Å². The van der Waals surface area contributed by atoms with E-state index in [4.69, 9.17) is 5.11 Å². The lowest BCUT2D eigenvalue weighted by Gasteiger charge is -2.12. The summed E-state index contributed by atoms with van der Waals surface area (Å²) in [6.07, 6.45) is 0. The van der Waals surface area contributed by atoms with Crippen LogP contribution in [0.2, 0.25) is 0 Å². The lowest BCUT2D eigenvalue weighted by atomic mass is 10.1. The molecule has 1 heterocycles. The van der Waals surface area contributed by atoms with Crippen molar-refractivity contribution in [2.24, 2.45) is 0 Å². The Kier molecular flexibility index (Phi) is 3.39. The zero-order chi connectivity index (χ0) is 13.3. The molecule has 0 bridgehead atoms. The summed E-state index contributed by atoms with van der Waals surface area (Å²) < 4.78 is 2.22. The van der Waals surface area contributed by atoms with E-state index in [0.717, 1.165) is 24.0 Å². The average molecular weight is 246 g/mol. The zero-order valence-electron chi connectivity index (χ0n) is 11.0. The topological polar surface area (TPSA) is 45.5 Å². The van der Waals surface area contributed by atoms with E-state index in [-0.39, 0.29) is 0 Å². The van der Waals surface area contributed by atoms with Crippen molar-refractivity contribution in [3.05, 3.63) is 35.5 Å². The SMILES string of the molecule is CCn1c(CN(C)C)cc2cc(C(=O)O)ccc21. The van der Waals surface area contributed by atoms with Crippen LogP contribution < -0.4 is 0 Å². The first-order valence-electron chi connectivity index (χ1n) is 6.03. The van der Waals surface area contributed by atoms with Gasteiger partial charge in [0.25, 0.3) is 0 Å². The van der Waals surface area contributed by atoms with Gasteiger partial charge < -0.3 is 14.6 Å². The molecule has 2 rings (SSSR count). The van der Waals surface area contributed by atoms with E-state index in [1.54, 1.807) is 12.1 Å². The molecule has 0 amide bonds. The summed E-state index contributed by atoms with van der Waals surface area (Å²) in [4.78, 5) is 13.1. The molecular formula is C14H18N2O2. The second-order valence-electron chi connectivity index (χ2n) is 4.70. The third-order valence-electron chi connectivity index (χ3n) is 3.03. The fourth-order valence-corrected chi connectivity index (χ4v) is 2.29. The molecule has 1 aromatic heterocycles. The molecule has 0 aliphatic heterocycles. The van der Waals surface area contributed by atoms with Crippen LogP contribution in [-0.2, 0) is 13.1 Å². The highest BCUT2D eigenvalue weighted by molar-refractivity contribution is 5.94. The summed E-state index contributed by atoms with van der Waals surface area (Å²) in [5.41, 5.74) is 2.64. The van der Waals surface area contributed by atoms with Crippen LogP contribution in [0.5, 0.6) is 0 Å². The normalized spacial score (nSPS) is 11.3. The minimum atomic E-state index is -0.879. The van der Waals surface area contributed by atoms with Crippen molar-refractivity contribution in [2.75, 3.05) is 14.1 Å². The van der Waals surface area contributed by atoms with Crippen molar-refractivity contribution in [3.63, 3.8) is 0 Å². The summed E-state index contributed by atoms with van der Waals surface area (Å²) in [6.45, 7) is 3.84. The van der Waals surface area contributed by atoms with E-state index in [2.05, 4.69) is 22.5 Å². The number of nitrogens with zero attached hydrogens (tertiary/aromatic N) is 2. The summed E-state index contributed by atoms with van der Waals surface area (Å²) >= 11 is 0. The first-order valence-corrected chi connectivity index (χ1v) is 6.03. The minimum absolute atomic E-state index is 0.340. The van der Waals surface area contributed by atoms with Crippen molar-refractivity contribution in [1.29, 1.82) is 0 Å². The summed E-state index contributed by atoms with van der Waals surface area (Å²) in [5, 5.41) is 10.0. The zero-order valence-corrected chi connectivity index (χ0v) is 11.0. The van der Waals surface area contributed by atoms with Gasteiger partial charge in [0.1, 0.15) is 0 Å². The first kappa shape index (κ1) is 12.6. The number of carboxylic acids is 1. The number of hydrogen-bond acceptors (Lipinski definition) is 2. The van der Waals surface area contributed by atoms with Crippen LogP contribution in [0.4, 0.5) is 0 Å². The smallest absolute Gasteiger partial charge is 0.335 e. The fraction of sp³-hybridized carbons (Fsp3) is 0.357. The van der Waals surface area contributed by atoms with Crippen LogP contribution in [0.3, 0.4) is 0 Å². The Labute approximate surface area is 106 Å². The van der Waals surface area contributed by atoms with Crippen molar-refractivity contribution in [3.8, 4) is 0 Å². The average Bonchev–Trinajstić information content (AvgIpc) is 2.63. The third kappa shape index (κ3) is 2.24. The maximum absolute atomic E-state index is 11.0. The van der Waals surface area contributed by atoms with Crippen molar-refractivity contribution < 1.29 is 9.90 Å². The van der Waals surface area contributed by atoms with Gasteiger partial charge in [0, 0.05) is 29.7 Å². The molecule has 1 N–H and O–H groups in total. The maximum Gasteiger partial charge on any atom is 0.335 e. The number of benzene rings is 1. The number of aromatic carboxylic acids is 1. The molecule has 0 saturated heterocycles. The van der Waals surface area contributed by atoms with Crippen LogP contribution in [0, 0.1) is 0 Å². The molecule has 0 unspecified atom stereocenters. The van der Waals surface area contributed by atoms with Crippen LogP contribution in [-0.4, -0.2) is 34.6 Å². The number of rotatable bonds is 4. The number of aryl methyl sites for hydroxylation is 1. The molecule has 0 atom stereocenters. The molecule has 0 aliphatic carbocycles. The van der Waals surface area contributed by atoms with Gasteiger partial charge in [-0.2, -0.15) is 0 Å². The van der Waals surface area contributed by atoms with E-state index in [1.807, 2.05) is 20.2 Å². The van der Waals surface area contributed by atoms with Gasteiger partial charge in [-0.1, -0.05) is 0 Å². The molecule has 1 aromatic carbocycles. The van der Waals surface area contributed by atoms with Crippen LogP contribution in [0.25, 0.3) is 10.9 Å². The predicted molar refractivity (Wildman–Crippen MR) is 72.0 cm³/mol.